The highest BCUT2D eigenvalue weighted by molar-refractivity contribution is 7.88. The van der Waals surface area contributed by atoms with Crippen molar-refractivity contribution < 1.29 is 17.9 Å². The number of urea groups is 1. The SMILES string of the molecule is CS(=O)(=O)N1CCN(C(=O)N2C[C@@H](CCOc3ccc(Cl)c(Cl)c3)[C@@H](c3ccc(Cl)c(Cl)c3)C2)CC1. The molecule has 0 aliphatic carbocycles. The average molecular weight is 595 g/mol. The number of piperazine rings is 1. The first-order valence-corrected chi connectivity index (χ1v) is 14.9. The Balaban J connectivity index is 1.44. The summed E-state index contributed by atoms with van der Waals surface area (Å²) in [7, 11) is -3.26. The maximum Gasteiger partial charge on any atom is 0.320 e. The number of benzene rings is 2. The molecule has 36 heavy (non-hydrogen) atoms. The number of carbonyl (C=O) groups is 1. The molecule has 2 saturated heterocycles. The molecule has 196 valence electrons. The van der Waals surface area contributed by atoms with E-state index in [0.717, 1.165) is 5.56 Å². The Hall–Kier alpha value is -1.42. The minimum atomic E-state index is -3.26. The number of likely N-dealkylation sites (tertiary alicyclic amines) is 1. The second-order valence-electron chi connectivity index (χ2n) is 9.09. The van der Waals surface area contributed by atoms with Gasteiger partial charge in [0.05, 0.1) is 33.0 Å². The number of halogens is 4. The highest BCUT2D eigenvalue weighted by Gasteiger charge is 2.38. The van der Waals surface area contributed by atoms with E-state index >= 15 is 0 Å². The topological polar surface area (TPSA) is 70.2 Å². The molecule has 2 heterocycles. The monoisotopic (exact) mass is 593 g/mol. The summed E-state index contributed by atoms with van der Waals surface area (Å²) in [5.41, 5.74) is 1.01. The Bertz CT molecular complexity index is 1220. The lowest BCUT2D eigenvalue weighted by Crippen LogP contribution is -2.53. The second kappa shape index (κ2) is 11.5. The number of amides is 2. The zero-order valence-corrected chi connectivity index (χ0v) is 23.5. The lowest BCUT2D eigenvalue weighted by Gasteiger charge is -2.35. The molecule has 2 aliphatic rings. The summed E-state index contributed by atoms with van der Waals surface area (Å²) < 4.78 is 31.0. The van der Waals surface area contributed by atoms with Crippen LogP contribution in [0.4, 0.5) is 4.79 Å². The minimum absolute atomic E-state index is 0.0541. The molecule has 0 N–H and O–H groups in total. The van der Waals surface area contributed by atoms with E-state index in [1.54, 1.807) is 29.2 Å². The molecular formula is C24H27Cl4N3O4S. The molecule has 0 radical (unpaired) electrons. The summed E-state index contributed by atoms with van der Waals surface area (Å²) in [4.78, 5) is 16.9. The highest BCUT2D eigenvalue weighted by Crippen LogP contribution is 2.38. The van der Waals surface area contributed by atoms with Crippen LogP contribution in [0.25, 0.3) is 0 Å². The molecule has 0 unspecified atom stereocenters. The summed E-state index contributed by atoms with van der Waals surface area (Å²) in [6, 6.07) is 10.6. The summed E-state index contributed by atoms with van der Waals surface area (Å²) in [5.74, 6) is 0.815. The largest absolute Gasteiger partial charge is 0.494 e. The number of hydrogen-bond donors (Lipinski definition) is 0. The van der Waals surface area contributed by atoms with Gasteiger partial charge in [-0.15, -0.1) is 0 Å². The fraction of sp³-hybridized carbons (Fsp3) is 0.458. The lowest BCUT2D eigenvalue weighted by atomic mass is 9.87. The van der Waals surface area contributed by atoms with Crippen molar-refractivity contribution in [3.8, 4) is 5.75 Å². The third-order valence-electron chi connectivity index (χ3n) is 6.71. The van der Waals surface area contributed by atoms with Gasteiger partial charge >= 0.3 is 6.03 Å². The van der Waals surface area contributed by atoms with Crippen molar-refractivity contribution in [2.75, 3.05) is 52.1 Å². The van der Waals surface area contributed by atoms with Crippen molar-refractivity contribution in [2.24, 2.45) is 5.92 Å². The van der Waals surface area contributed by atoms with E-state index in [0.29, 0.717) is 78.1 Å². The molecule has 2 aromatic carbocycles. The smallest absolute Gasteiger partial charge is 0.320 e. The molecule has 7 nitrogen and oxygen atoms in total. The number of carbonyl (C=O) groups excluding carboxylic acids is 1. The number of nitrogens with zero attached hydrogens (tertiary/aromatic N) is 3. The van der Waals surface area contributed by atoms with E-state index in [-0.39, 0.29) is 17.9 Å². The van der Waals surface area contributed by atoms with E-state index in [4.69, 9.17) is 51.1 Å². The molecule has 2 amide bonds. The maximum atomic E-state index is 13.3. The van der Waals surface area contributed by atoms with Crippen LogP contribution in [-0.2, 0) is 10.0 Å². The van der Waals surface area contributed by atoms with Gasteiger partial charge in [0.25, 0.3) is 0 Å². The Kier molecular flexibility index (Phi) is 8.85. The van der Waals surface area contributed by atoms with Crippen molar-refractivity contribution in [3.05, 3.63) is 62.1 Å². The van der Waals surface area contributed by atoms with Gasteiger partial charge in [0.15, 0.2) is 0 Å². The Labute approximate surface area is 231 Å². The summed E-state index contributed by atoms with van der Waals surface area (Å²) >= 11 is 24.5. The number of rotatable bonds is 6. The highest BCUT2D eigenvalue weighted by atomic mass is 35.5. The van der Waals surface area contributed by atoms with Crippen LogP contribution < -0.4 is 4.74 Å². The zero-order valence-electron chi connectivity index (χ0n) is 19.7. The predicted molar refractivity (Wildman–Crippen MR) is 144 cm³/mol. The van der Waals surface area contributed by atoms with Gasteiger partial charge in [0.1, 0.15) is 5.75 Å². The average Bonchev–Trinajstić information content (AvgIpc) is 3.26. The number of hydrogen-bond acceptors (Lipinski definition) is 4. The summed E-state index contributed by atoms with van der Waals surface area (Å²) in [5, 5.41) is 1.85. The van der Waals surface area contributed by atoms with Gasteiger partial charge in [-0.3, -0.25) is 0 Å². The van der Waals surface area contributed by atoms with Crippen LogP contribution in [0.3, 0.4) is 0 Å². The third kappa shape index (κ3) is 6.52. The lowest BCUT2D eigenvalue weighted by molar-refractivity contribution is 0.140. The van der Waals surface area contributed by atoms with Gasteiger partial charge < -0.3 is 14.5 Å². The van der Waals surface area contributed by atoms with Gasteiger partial charge in [-0.1, -0.05) is 52.5 Å². The van der Waals surface area contributed by atoms with Crippen molar-refractivity contribution in [1.29, 1.82) is 0 Å². The maximum absolute atomic E-state index is 13.3. The molecule has 4 rings (SSSR count). The van der Waals surface area contributed by atoms with Crippen LogP contribution in [-0.4, -0.2) is 80.7 Å². The Morgan fingerprint density at radius 1 is 0.889 bits per heavy atom. The van der Waals surface area contributed by atoms with Crippen LogP contribution in [0, 0.1) is 5.92 Å². The minimum Gasteiger partial charge on any atom is -0.494 e. The van der Waals surface area contributed by atoms with Gasteiger partial charge in [0, 0.05) is 51.3 Å². The van der Waals surface area contributed by atoms with E-state index in [2.05, 4.69) is 0 Å². The molecule has 0 aromatic heterocycles. The van der Waals surface area contributed by atoms with Crippen LogP contribution >= 0.6 is 46.4 Å². The van der Waals surface area contributed by atoms with E-state index in [1.165, 1.54) is 10.6 Å². The summed E-state index contributed by atoms with van der Waals surface area (Å²) in [6.07, 6.45) is 1.90. The molecular weight excluding hydrogens is 568 g/mol. The van der Waals surface area contributed by atoms with Gasteiger partial charge in [-0.05, 0) is 42.2 Å². The molecule has 2 aromatic rings. The van der Waals surface area contributed by atoms with Crippen LogP contribution in [0.15, 0.2) is 36.4 Å². The predicted octanol–water partition coefficient (Wildman–Crippen LogP) is 5.48. The zero-order chi connectivity index (χ0) is 26.0. The van der Waals surface area contributed by atoms with E-state index < -0.39 is 10.0 Å². The number of sulfonamides is 1. The van der Waals surface area contributed by atoms with Crippen LogP contribution in [0.2, 0.25) is 20.1 Å². The Morgan fingerprint density at radius 2 is 1.53 bits per heavy atom. The van der Waals surface area contributed by atoms with Crippen molar-refractivity contribution in [3.63, 3.8) is 0 Å². The fourth-order valence-electron chi connectivity index (χ4n) is 4.75. The first kappa shape index (κ1) is 27.6. The van der Waals surface area contributed by atoms with Crippen molar-refractivity contribution in [2.45, 2.75) is 12.3 Å². The Morgan fingerprint density at radius 3 is 2.14 bits per heavy atom. The van der Waals surface area contributed by atoms with E-state index in [9.17, 15) is 13.2 Å². The quantitative estimate of drug-likeness (QED) is 0.444. The van der Waals surface area contributed by atoms with E-state index in [1.807, 2.05) is 17.0 Å². The fourth-order valence-corrected chi connectivity index (χ4v) is 6.17. The molecule has 2 fully saturated rings. The number of ether oxygens (including phenoxy) is 1. The van der Waals surface area contributed by atoms with Gasteiger partial charge in [-0.25, -0.2) is 13.2 Å². The van der Waals surface area contributed by atoms with Crippen molar-refractivity contribution >= 4 is 62.5 Å². The first-order chi connectivity index (χ1) is 17.0. The van der Waals surface area contributed by atoms with Crippen LogP contribution in [0.1, 0.15) is 17.9 Å². The molecule has 2 aliphatic heterocycles. The molecule has 2 atom stereocenters. The molecule has 0 spiro atoms. The molecule has 12 heteroatoms. The normalized spacial score (nSPS) is 21.1. The molecule has 0 bridgehead atoms. The summed E-state index contributed by atoms with van der Waals surface area (Å²) in [6.45, 7) is 2.86. The first-order valence-electron chi connectivity index (χ1n) is 11.5. The van der Waals surface area contributed by atoms with Crippen molar-refractivity contribution in [1.82, 2.24) is 14.1 Å². The van der Waals surface area contributed by atoms with Gasteiger partial charge in [-0.2, -0.15) is 4.31 Å². The second-order valence-corrected chi connectivity index (χ2v) is 12.7. The van der Waals surface area contributed by atoms with Crippen LogP contribution in [0.5, 0.6) is 5.75 Å². The molecule has 0 saturated carbocycles. The standard InChI is InChI=1S/C24H27Cl4N3O4S/c1-36(33,34)31-9-7-29(8-10-31)24(32)30-14-17(6-11-35-18-3-5-21(26)23(28)13-18)19(15-30)16-2-4-20(25)22(27)12-16/h2-5,12-13,17,19H,6-11,14-15H2,1H3/t17-,19-/m1/s1. The third-order valence-corrected chi connectivity index (χ3v) is 9.49. The van der Waals surface area contributed by atoms with Gasteiger partial charge in [0.2, 0.25) is 10.0 Å².